The van der Waals surface area contributed by atoms with E-state index in [1.807, 2.05) is 19.2 Å². The first kappa shape index (κ1) is 22.0. The molecule has 3 N–H and O–H groups in total. The molecule has 3 atom stereocenters. The molecule has 0 spiro atoms. The molecule has 0 fully saturated rings. The maximum atomic E-state index is 12.6. The Labute approximate surface area is 150 Å². The van der Waals surface area contributed by atoms with Crippen molar-refractivity contribution < 1.29 is 32.2 Å². The third-order valence-corrected chi connectivity index (χ3v) is 4.00. The molecule has 1 rings (SSSR count). The molecule has 0 radical (unpaired) electrons. The Morgan fingerprint density at radius 1 is 1.42 bits per heavy atom. The molecule has 0 saturated heterocycles. The summed E-state index contributed by atoms with van der Waals surface area (Å²) in [5, 5.41) is 1.87. The Kier molecular flexibility index (Phi) is 8.11. The van der Waals surface area contributed by atoms with Gasteiger partial charge < -0.3 is 20.5 Å². The second-order valence-corrected chi connectivity index (χ2v) is 5.88. The summed E-state index contributed by atoms with van der Waals surface area (Å²) in [5.74, 6) is -0.672. The zero-order valence-corrected chi connectivity index (χ0v) is 14.6. The maximum absolute atomic E-state index is 12.6. The molecule has 0 aromatic rings. The lowest BCUT2D eigenvalue weighted by molar-refractivity contribution is -0.175. The molecule has 9 heteroatoms. The molecule has 146 valence electrons. The van der Waals surface area contributed by atoms with Gasteiger partial charge in [-0.1, -0.05) is 19.8 Å². The van der Waals surface area contributed by atoms with Crippen LogP contribution in [-0.2, 0) is 19.1 Å². The van der Waals surface area contributed by atoms with Crippen LogP contribution in [-0.4, -0.2) is 49.0 Å². The largest absolute Gasteiger partial charge is 0.471 e. The number of hydrogen-bond acceptors (Lipinski definition) is 5. The Bertz CT molecular complexity index is 580. The number of amides is 1. The van der Waals surface area contributed by atoms with Crippen LogP contribution in [0.1, 0.15) is 33.1 Å². The fourth-order valence-corrected chi connectivity index (χ4v) is 2.60. The van der Waals surface area contributed by atoms with Crippen LogP contribution in [0.2, 0.25) is 0 Å². The van der Waals surface area contributed by atoms with Gasteiger partial charge in [0.2, 0.25) is 0 Å². The molecular weight excluding hydrogens is 353 g/mol. The van der Waals surface area contributed by atoms with Crippen molar-refractivity contribution in [3.05, 3.63) is 11.6 Å². The molecular formula is C17H23F3N2O4. The molecule has 1 aliphatic carbocycles. The minimum absolute atomic E-state index is 0.0744. The molecule has 0 unspecified atom stereocenters. The number of rotatable bonds is 7. The molecule has 0 aromatic heterocycles. The van der Waals surface area contributed by atoms with E-state index in [-0.39, 0.29) is 24.7 Å². The van der Waals surface area contributed by atoms with Crippen molar-refractivity contribution in [3.63, 3.8) is 0 Å². The highest BCUT2D eigenvalue weighted by atomic mass is 19.4. The minimum atomic E-state index is -5.05. The topological polar surface area (TPSA) is 90.6 Å². The van der Waals surface area contributed by atoms with Crippen LogP contribution in [0.5, 0.6) is 0 Å². The van der Waals surface area contributed by atoms with E-state index < -0.39 is 36.2 Å². The number of esters is 1. The third kappa shape index (κ3) is 6.04. The van der Waals surface area contributed by atoms with Crippen molar-refractivity contribution in [2.24, 2.45) is 5.73 Å². The van der Waals surface area contributed by atoms with E-state index in [1.165, 1.54) is 6.08 Å². The van der Waals surface area contributed by atoms with Crippen molar-refractivity contribution in [3.8, 4) is 12.3 Å². The van der Waals surface area contributed by atoms with E-state index in [0.717, 1.165) is 0 Å². The van der Waals surface area contributed by atoms with E-state index in [1.54, 1.807) is 0 Å². The van der Waals surface area contributed by atoms with Gasteiger partial charge in [0.05, 0.1) is 18.2 Å². The van der Waals surface area contributed by atoms with Gasteiger partial charge in [0.25, 0.3) is 0 Å². The highest BCUT2D eigenvalue weighted by molar-refractivity contribution is 5.89. The summed E-state index contributed by atoms with van der Waals surface area (Å²) in [6.07, 6.45) is 1.20. The lowest BCUT2D eigenvalue weighted by Gasteiger charge is -2.36. The Hall–Kier alpha value is -2.05. The number of nitrogens with two attached hydrogens (primary N) is 1. The lowest BCUT2D eigenvalue weighted by Crippen LogP contribution is -2.59. The van der Waals surface area contributed by atoms with Crippen LogP contribution in [0.25, 0.3) is 0 Å². The number of hydrogen-bond donors (Lipinski definition) is 2. The van der Waals surface area contributed by atoms with E-state index in [9.17, 15) is 22.8 Å². The molecule has 0 aliphatic heterocycles. The summed E-state index contributed by atoms with van der Waals surface area (Å²) < 4.78 is 48.4. The van der Waals surface area contributed by atoms with Crippen LogP contribution < -0.4 is 11.1 Å². The predicted octanol–water partition coefficient (Wildman–Crippen LogP) is 1.44. The lowest BCUT2D eigenvalue weighted by atomic mass is 9.88. The highest BCUT2D eigenvalue weighted by Crippen LogP contribution is 2.25. The zero-order valence-electron chi connectivity index (χ0n) is 14.6. The molecule has 0 saturated carbocycles. The Morgan fingerprint density at radius 3 is 2.54 bits per heavy atom. The van der Waals surface area contributed by atoms with Crippen molar-refractivity contribution in [1.82, 2.24) is 5.32 Å². The molecule has 6 nitrogen and oxygen atoms in total. The highest BCUT2D eigenvalue weighted by Gasteiger charge is 2.44. The maximum Gasteiger partial charge on any atom is 0.471 e. The quantitative estimate of drug-likeness (QED) is 0.518. The number of halogens is 3. The standard InChI is InChI=1S/C17H23F3N2O4/c1-4-7-25-15(23)10-8-12(21)14(22-16(24)17(18,19)20)13(9-10)26-11(5-2)6-3/h1,9,11-14H,5-8,21H2,2-3H3,(H,22,24)/t12-,13+,14+/m0/s1. The van der Waals surface area contributed by atoms with Crippen LogP contribution >= 0.6 is 0 Å². The van der Waals surface area contributed by atoms with Crippen molar-refractivity contribution in [2.45, 2.75) is 63.6 Å². The van der Waals surface area contributed by atoms with Crippen molar-refractivity contribution in [1.29, 1.82) is 0 Å². The van der Waals surface area contributed by atoms with E-state index in [0.29, 0.717) is 12.8 Å². The SMILES string of the molecule is C#CCOC(=O)C1=C[C@@H](OC(CC)CC)[C@H](NC(=O)C(F)(F)F)[C@@H](N)C1. The van der Waals surface area contributed by atoms with Gasteiger partial charge in [0.15, 0.2) is 6.61 Å². The van der Waals surface area contributed by atoms with Gasteiger partial charge in [-0.3, -0.25) is 4.79 Å². The van der Waals surface area contributed by atoms with Gasteiger partial charge in [-0.25, -0.2) is 4.79 Å². The summed E-state index contributed by atoms with van der Waals surface area (Å²) in [5.41, 5.74) is 6.08. The van der Waals surface area contributed by atoms with Crippen LogP contribution in [0, 0.1) is 12.3 Å². The van der Waals surface area contributed by atoms with Gasteiger partial charge in [-0.15, -0.1) is 6.42 Å². The number of carbonyl (C=O) groups excluding carboxylic acids is 2. The smallest absolute Gasteiger partial charge is 0.449 e. The summed E-state index contributed by atoms with van der Waals surface area (Å²) in [7, 11) is 0. The third-order valence-electron chi connectivity index (χ3n) is 4.00. The number of alkyl halides is 3. The number of ether oxygens (including phenoxy) is 2. The predicted molar refractivity (Wildman–Crippen MR) is 87.7 cm³/mol. The first-order valence-corrected chi connectivity index (χ1v) is 8.23. The molecule has 1 aliphatic rings. The Morgan fingerprint density at radius 2 is 2.04 bits per heavy atom. The fourth-order valence-electron chi connectivity index (χ4n) is 2.60. The minimum Gasteiger partial charge on any atom is -0.449 e. The summed E-state index contributed by atoms with van der Waals surface area (Å²) >= 11 is 0. The van der Waals surface area contributed by atoms with Gasteiger partial charge in [-0.2, -0.15) is 13.2 Å². The van der Waals surface area contributed by atoms with Gasteiger partial charge in [-0.05, 0) is 25.3 Å². The van der Waals surface area contributed by atoms with Crippen LogP contribution in [0.15, 0.2) is 11.6 Å². The van der Waals surface area contributed by atoms with Crippen molar-refractivity contribution in [2.75, 3.05) is 6.61 Å². The molecule has 0 aromatic carbocycles. The van der Waals surface area contributed by atoms with Crippen LogP contribution in [0.3, 0.4) is 0 Å². The second kappa shape index (κ2) is 9.59. The average molecular weight is 376 g/mol. The Balaban J connectivity index is 3.07. The first-order chi connectivity index (χ1) is 12.1. The molecule has 0 heterocycles. The van der Waals surface area contributed by atoms with Gasteiger partial charge in [0.1, 0.15) is 0 Å². The summed E-state index contributed by atoms with van der Waals surface area (Å²) in [6, 6.07) is -2.09. The summed E-state index contributed by atoms with van der Waals surface area (Å²) in [4.78, 5) is 23.3. The number of nitrogens with one attached hydrogen (secondary N) is 1. The monoisotopic (exact) mass is 376 g/mol. The van der Waals surface area contributed by atoms with E-state index in [4.69, 9.17) is 21.6 Å². The molecule has 1 amide bonds. The molecule has 0 bridgehead atoms. The van der Waals surface area contributed by atoms with Crippen LogP contribution in [0.4, 0.5) is 13.2 Å². The molecule has 26 heavy (non-hydrogen) atoms. The summed E-state index contributed by atoms with van der Waals surface area (Å²) in [6.45, 7) is 3.47. The van der Waals surface area contributed by atoms with Crippen molar-refractivity contribution >= 4 is 11.9 Å². The zero-order chi connectivity index (χ0) is 19.9. The first-order valence-electron chi connectivity index (χ1n) is 8.23. The van der Waals surface area contributed by atoms with E-state index in [2.05, 4.69) is 5.92 Å². The van der Waals surface area contributed by atoms with Gasteiger partial charge >= 0.3 is 18.1 Å². The van der Waals surface area contributed by atoms with E-state index >= 15 is 0 Å². The number of carbonyl (C=O) groups is 2. The number of terminal acetylenes is 1. The van der Waals surface area contributed by atoms with Gasteiger partial charge in [0, 0.05) is 11.6 Å². The normalized spacial score (nSPS) is 23.2. The fraction of sp³-hybridized carbons (Fsp3) is 0.647. The second-order valence-electron chi connectivity index (χ2n) is 5.88. The average Bonchev–Trinajstić information content (AvgIpc) is 2.58.